The van der Waals surface area contributed by atoms with E-state index < -0.39 is 0 Å². The summed E-state index contributed by atoms with van der Waals surface area (Å²) in [5.41, 5.74) is 1.38. The van der Waals surface area contributed by atoms with Crippen molar-refractivity contribution in [3.8, 4) is 0 Å². The van der Waals surface area contributed by atoms with E-state index in [1.807, 2.05) is 20.8 Å². The molecule has 0 bridgehead atoms. The molecule has 6 nitrogen and oxygen atoms in total. The number of carbonyl (C=O) groups excluding carboxylic acids is 1. The highest BCUT2D eigenvalue weighted by molar-refractivity contribution is 5.95. The van der Waals surface area contributed by atoms with Gasteiger partial charge in [0.15, 0.2) is 0 Å². The molecule has 19 heavy (non-hydrogen) atoms. The largest absolute Gasteiger partial charge is 0.394 e. The van der Waals surface area contributed by atoms with Crippen molar-refractivity contribution in [2.75, 3.05) is 20.3 Å². The van der Waals surface area contributed by atoms with Gasteiger partial charge in [0.2, 0.25) is 0 Å². The molecule has 0 aliphatic carbocycles. The first-order valence-corrected chi connectivity index (χ1v) is 6.46. The molecular weight excluding hydrogens is 246 g/mol. The maximum atomic E-state index is 12.1. The van der Waals surface area contributed by atoms with E-state index in [1.54, 1.807) is 18.0 Å². The second-order valence-corrected chi connectivity index (χ2v) is 4.82. The van der Waals surface area contributed by atoms with Gasteiger partial charge in [-0.1, -0.05) is 0 Å². The molecule has 0 unspecified atom stereocenters. The van der Waals surface area contributed by atoms with Gasteiger partial charge in [-0.05, 0) is 27.2 Å². The summed E-state index contributed by atoms with van der Waals surface area (Å²) in [6, 6.07) is -0.0852. The lowest BCUT2D eigenvalue weighted by atomic mass is 10.2. The van der Waals surface area contributed by atoms with Crippen LogP contribution in [0, 0.1) is 6.92 Å². The summed E-state index contributed by atoms with van der Waals surface area (Å²) in [5, 5.41) is 16.2. The van der Waals surface area contributed by atoms with Crippen molar-refractivity contribution < 1.29 is 14.6 Å². The molecule has 0 aliphatic rings. The van der Waals surface area contributed by atoms with Crippen molar-refractivity contribution in [1.82, 2.24) is 15.1 Å². The van der Waals surface area contributed by atoms with E-state index in [9.17, 15) is 9.90 Å². The highest BCUT2D eigenvalue weighted by Gasteiger charge is 2.18. The molecule has 1 aromatic heterocycles. The number of rotatable bonds is 7. The van der Waals surface area contributed by atoms with E-state index in [-0.39, 0.29) is 24.6 Å². The number of methoxy groups -OCH3 is 1. The Hall–Kier alpha value is -1.40. The molecule has 0 saturated heterocycles. The predicted molar refractivity (Wildman–Crippen MR) is 72.2 cm³/mol. The quantitative estimate of drug-likeness (QED) is 0.771. The summed E-state index contributed by atoms with van der Waals surface area (Å²) in [7, 11) is 1.59. The third-order valence-electron chi connectivity index (χ3n) is 3.00. The average molecular weight is 269 g/mol. The summed E-state index contributed by atoms with van der Waals surface area (Å²) in [6.45, 7) is 6.28. The number of aliphatic hydroxyl groups excluding tert-OH is 1. The minimum atomic E-state index is -0.297. The zero-order valence-electron chi connectivity index (χ0n) is 12.0. The van der Waals surface area contributed by atoms with Crippen molar-refractivity contribution in [3.63, 3.8) is 0 Å². The van der Waals surface area contributed by atoms with E-state index in [4.69, 9.17) is 4.74 Å². The fraction of sp³-hybridized carbons (Fsp3) is 0.692. The molecule has 1 rings (SSSR count). The number of nitrogens with one attached hydrogen (secondary N) is 1. The monoisotopic (exact) mass is 269 g/mol. The number of ether oxygens (including phenoxy) is 1. The van der Waals surface area contributed by atoms with Gasteiger partial charge < -0.3 is 15.2 Å². The molecular formula is C13H23N3O3. The Labute approximate surface area is 113 Å². The van der Waals surface area contributed by atoms with Gasteiger partial charge in [-0.2, -0.15) is 5.10 Å². The Morgan fingerprint density at radius 3 is 2.74 bits per heavy atom. The van der Waals surface area contributed by atoms with E-state index in [0.29, 0.717) is 18.6 Å². The maximum absolute atomic E-state index is 12.1. The van der Waals surface area contributed by atoms with Crippen LogP contribution in [0.25, 0.3) is 0 Å². The summed E-state index contributed by atoms with van der Waals surface area (Å²) in [6.07, 6.45) is 2.14. The van der Waals surface area contributed by atoms with E-state index in [2.05, 4.69) is 10.4 Å². The van der Waals surface area contributed by atoms with Crippen molar-refractivity contribution in [2.24, 2.45) is 0 Å². The molecule has 0 spiro atoms. The Kier molecular flexibility index (Phi) is 5.98. The van der Waals surface area contributed by atoms with Crippen molar-refractivity contribution in [3.05, 3.63) is 17.5 Å². The molecule has 1 aromatic rings. The van der Waals surface area contributed by atoms with Gasteiger partial charge >= 0.3 is 0 Å². The molecule has 2 N–H and O–H groups in total. The van der Waals surface area contributed by atoms with Crippen LogP contribution >= 0.6 is 0 Å². The Bertz CT molecular complexity index is 415. The molecule has 108 valence electrons. The smallest absolute Gasteiger partial charge is 0.255 e. The lowest BCUT2D eigenvalue weighted by molar-refractivity contribution is 0.0894. The van der Waals surface area contributed by atoms with Gasteiger partial charge in [0.05, 0.1) is 24.4 Å². The zero-order chi connectivity index (χ0) is 14.4. The predicted octanol–water partition coefficient (Wildman–Crippen LogP) is 0.900. The molecule has 1 amide bonds. The third-order valence-corrected chi connectivity index (χ3v) is 3.00. The van der Waals surface area contributed by atoms with E-state index >= 15 is 0 Å². The molecule has 1 heterocycles. The summed E-state index contributed by atoms with van der Waals surface area (Å²) >= 11 is 0. The van der Waals surface area contributed by atoms with Crippen LogP contribution in [-0.2, 0) is 4.74 Å². The van der Waals surface area contributed by atoms with Crippen LogP contribution in [0.5, 0.6) is 0 Å². The maximum Gasteiger partial charge on any atom is 0.255 e. The Balaban J connectivity index is 2.72. The van der Waals surface area contributed by atoms with Crippen LogP contribution in [0.3, 0.4) is 0 Å². The number of nitrogens with zero attached hydrogens (tertiary/aromatic N) is 2. The zero-order valence-corrected chi connectivity index (χ0v) is 12.0. The third kappa shape index (κ3) is 4.04. The molecule has 0 saturated carbocycles. The highest BCUT2D eigenvalue weighted by Crippen LogP contribution is 2.12. The first-order chi connectivity index (χ1) is 9.01. The number of carbonyl (C=O) groups is 1. The van der Waals surface area contributed by atoms with Crippen molar-refractivity contribution in [1.29, 1.82) is 0 Å². The molecule has 1 atom stereocenters. The van der Waals surface area contributed by atoms with Crippen molar-refractivity contribution >= 4 is 5.91 Å². The van der Waals surface area contributed by atoms with Crippen LogP contribution in [0.2, 0.25) is 0 Å². The fourth-order valence-electron chi connectivity index (χ4n) is 1.90. The van der Waals surface area contributed by atoms with Crippen LogP contribution in [-0.4, -0.2) is 47.2 Å². The van der Waals surface area contributed by atoms with E-state index in [1.165, 1.54) is 0 Å². The van der Waals surface area contributed by atoms with Gasteiger partial charge in [-0.25, -0.2) is 0 Å². The number of aliphatic hydroxyl groups is 1. The van der Waals surface area contributed by atoms with Gasteiger partial charge in [0, 0.05) is 25.5 Å². The molecule has 0 radical (unpaired) electrons. The van der Waals surface area contributed by atoms with Gasteiger partial charge in [-0.3, -0.25) is 9.48 Å². The molecule has 6 heteroatoms. The summed E-state index contributed by atoms with van der Waals surface area (Å²) in [4.78, 5) is 12.1. The topological polar surface area (TPSA) is 76.4 Å². The standard InChI is InChI=1S/C13H23N3O3/c1-9(2)16-10(3)12(7-14-16)13(18)15-11(8-17)5-6-19-4/h7,9,11,17H,5-6,8H2,1-4H3,(H,15,18)/t11-/m1/s1. The number of hydrogen-bond donors (Lipinski definition) is 2. The summed E-state index contributed by atoms with van der Waals surface area (Å²) in [5.74, 6) is -0.209. The molecule has 0 aliphatic heterocycles. The number of hydrogen-bond acceptors (Lipinski definition) is 4. The van der Waals surface area contributed by atoms with Crippen LogP contribution in [0.15, 0.2) is 6.20 Å². The normalized spacial score (nSPS) is 12.7. The number of amides is 1. The van der Waals surface area contributed by atoms with Gasteiger partial charge in [-0.15, -0.1) is 0 Å². The SMILES string of the molecule is COCC[C@H](CO)NC(=O)c1cnn(C(C)C)c1C. The second kappa shape index (κ2) is 7.25. The Morgan fingerprint density at radius 2 is 2.26 bits per heavy atom. The Morgan fingerprint density at radius 1 is 1.58 bits per heavy atom. The van der Waals surface area contributed by atoms with Crippen LogP contribution < -0.4 is 5.32 Å². The van der Waals surface area contributed by atoms with Gasteiger partial charge in [0.25, 0.3) is 5.91 Å². The van der Waals surface area contributed by atoms with Crippen LogP contribution in [0.1, 0.15) is 42.4 Å². The first-order valence-electron chi connectivity index (χ1n) is 6.46. The fourth-order valence-corrected chi connectivity index (χ4v) is 1.90. The lowest BCUT2D eigenvalue weighted by Gasteiger charge is -2.15. The molecule has 0 aromatic carbocycles. The van der Waals surface area contributed by atoms with E-state index in [0.717, 1.165) is 5.69 Å². The lowest BCUT2D eigenvalue weighted by Crippen LogP contribution is -2.38. The van der Waals surface area contributed by atoms with Crippen LogP contribution in [0.4, 0.5) is 0 Å². The first kappa shape index (κ1) is 15.7. The van der Waals surface area contributed by atoms with Crippen molar-refractivity contribution in [2.45, 2.75) is 39.3 Å². The minimum Gasteiger partial charge on any atom is -0.394 e. The summed E-state index contributed by atoms with van der Waals surface area (Å²) < 4.78 is 6.75. The molecule has 0 fully saturated rings. The minimum absolute atomic E-state index is 0.105. The second-order valence-electron chi connectivity index (χ2n) is 4.82. The average Bonchev–Trinajstić information content (AvgIpc) is 2.76. The van der Waals surface area contributed by atoms with Gasteiger partial charge in [0.1, 0.15) is 0 Å². The number of aromatic nitrogens is 2. The highest BCUT2D eigenvalue weighted by atomic mass is 16.5.